The Bertz CT molecular complexity index is 1500. The highest BCUT2D eigenvalue weighted by molar-refractivity contribution is 5.90. The molecule has 0 aromatic heterocycles. The molecule has 9 nitrogen and oxygen atoms in total. The van der Waals surface area contributed by atoms with Gasteiger partial charge >= 0.3 is 18.1 Å². The molecule has 0 N–H and O–H groups in total. The van der Waals surface area contributed by atoms with Crippen LogP contribution in [0.4, 0.5) is 4.79 Å². The Morgan fingerprint density at radius 3 is 1.06 bits per heavy atom. The van der Waals surface area contributed by atoms with Crippen LogP contribution < -0.4 is 0 Å². The molecule has 0 atom stereocenters. The van der Waals surface area contributed by atoms with E-state index in [1.54, 1.807) is 24.3 Å². The van der Waals surface area contributed by atoms with Crippen molar-refractivity contribution in [3.8, 4) is 22.3 Å². The van der Waals surface area contributed by atoms with Gasteiger partial charge in [-0.3, -0.25) is 9.78 Å². The normalized spacial score (nSPS) is 20.7. The number of carbonyl (C=O) groups excluding carboxylic acids is 3. The standard InChI is InChI=1S/C39H38O9/c40-37(31-15-11-29(12-16-31)27-7-3-1-4-8-27)47-45-35-23-19-33(20-24-35)43-39(42)44-34-21-25-36(26-22-34)46-48-38(41)32-17-13-30(14-18-32)28-9-5-2-6-10-28/h1-18,33-36H,19-26H2. The fourth-order valence-electron chi connectivity index (χ4n) is 5.97. The van der Waals surface area contributed by atoms with Crippen LogP contribution in [0.1, 0.15) is 72.1 Å². The minimum Gasteiger partial charge on any atom is -0.431 e. The van der Waals surface area contributed by atoms with Crippen LogP contribution in [0, 0.1) is 0 Å². The predicted molar refractivity (Wildman–Crippen MR) is 176 cm³/mol. The zero-order chi connectivity index (χ0) is 33.1. The van der Waals surface area contributed by atoms with E-state index >= 15 is 0 Å². The highest BCUT2D eigenvalue weighted by atomic mass is 17.2. The summed E-state index contributed by atoms with van der Waals surface area (Å²) >= 11 is 0. The summed E-state index contributed by atoms with van der Waals surface area (Å²) < 4.78 is 11.1. The summed E-state index contributed by atoms with van der Waals surface area (Å²) in [6.07, 6.45) is 2.79. The molecule has 48 heavy (non-hydrogen) atoms. The van der Waals surface area contributed by atoms with Crippen molar-refractivity contribution in [1.29, 1.82) is 0 Å². The summed E-state index contributed by atoms with van der Waals surface area (Å²) in [5, 5.41) is 0. The molecule has 0 amide bonds. The van der Waals surface area contributed by atoms with Crippen LogP contribution in [0.25, 0.3) is 22.3 Å². The monoisotopic (exact) mass is 650 g/mol. The smallest absolute Gasteiger partial charge is 0.431 e. The van der Waals surface area contributed by atoms with Crippen molar-refractivity contribution in [1.82, 2.24) is 0 Å². The quantitative estimate of drug-likeness (QED) is 0.0947. The van der Waals surface area contributed by atoms with E-state index in [0.717, 1.165) is 22.3 Å². The van der Waals surface area contributed by atoms with Gasteiger partial charge in [-0.1, -0.05) is 84.9 Å². The van der Waals surface area contributed by atoms with Gasteiger partial charge < -0.3 is 9.47 Å². The minimum absolute atomic E-state index is 0.272. The first-order valence-electron chi connectivity index (χ1n) is 16.4. The third-order valence-corrected chi connectivity index (χ3v) is 8.74. The van der Waals surface area contributed by atoms with Crippen molar-refractivity contribution in [2.24, 2.45) is 0 Å². The highest BCUT2D eigenvalue weighted by Crippen LogP contribution is 2.28. The lowest BCUT2D eigenvalue weighted by Crippen LogP contribution is -2.32. The molecule has 248 valence electrons. The highest BCUT2D eigenvalue weighted by Gasteiger charge is 2.30. The van der Waals surface area contributed by atoms with Crippen LogP contribution >= 0.6 is 0 Å². The van der Waals surface area contributed by atoms with Gasteiger partial charge in [-0.05, 0) is 97.9 Å². The Balaban J connectivity index is 0.836. The molecule has 0 heterocycles. The molecule has 0 radical (unpaired) electrons. The first kappa shape index (κ1) is 32.9. The fourth-order valence-corrected chi connectivity index (χ4v) is 5.97. The molecule has 0 bridgehead atoms. The lowest BCUT2D eigenvalue weighted by atomic mass is 9.95. The number of benzene rings is 4. The summed E-state index contributed by atoms with van der Waals surface area (Å²) in [7, 11) is 0. The van der Waals surface area contributed by atoms with Gasteiger partial charge in [-0.25, -0.2) is 14.4 Å². The molecule has 6 rings (SSSR count). The molecular formula is C39H38O9. The second kappa shape index (κ2) is 16.2. The zero-order valence-electron chi connectivity index (χ0n) is 26.5. The van der Waals surface area contributed by atoms with Crippen LogP contribution in [-0.2, 0) is 29.0 Å². The maximum Gasteiger partial charge on any atom is 0.508 e. The topological polar surface area (TPSA) is 107 Å². The lowest BCUT2D eigenvalue weighted by Gasteiger charge is -2.29. The van der Waals surface area contributed by atoms with Gasteiger partial charge in [-0.2, -0.15) is 9.78 Å². The Kier molecular flexibility index (Phi) is 11.1. The van der Waals surface area contributed by atoms with Crippen LogP contribution in [0.3, 0.4) is 0 Å². The Hall–Kier alpha value is -4.99. The van der Waals surface area contributed by atoms with E-state index in [1.807, 2.05) is 84.9 Å². The van der Waals surface area contributed by atoms with Crippen molar-refractivity contribution in [2.45, 2.75) is 75.8 Å². The molecule has 0 aliphatic heterocycles. The Morgan fingerprint density at radius 2 is 0.708 bits per heavy atom. The second-order valence-corrected chi connectivity index (χ2v) is 12.1. The number of ether oxygens (including phenoxy) is 2. The van der Waals surface area contributed by atoms with Crippen LogP contribution in [-0.4, -0.2) is 42.5 Å². The Labute approximate surface area is 279 Å². The van der Waals surface area contributed by atoms with Crippen molar-refractivity contribution in [2.75, 3.05) is 0 Å². The SMILES string of the molecule is O=C(OC1CCC(OOC(=O)c2ccc(-c3ccccc3)cc2)CC1)OC1CCC(OOC(=O)c2ccc(-c3ccccc3)cc2)CC1. The van der Waals surface area contributed by atoms with Gasteiger partial charge in [0.15, 0.2) is 0 Å². The summed E-state index contributed by atoms with van der Waals surface area (Å²) in [6.45, 7) is 0. The largest absolute Gasteiger partial charge is 0.508 e. The van der Waals surface area contributed by atoms with Gasteiger partial charge in [0, 0.05) is 0 Å². The number of hydrogen-bond donors (Lipinski definition) is 0. The van der Waals surface area contributed by atoms with E-state index in [-0.39, 0.29) is 24.4 Å². The van der Waals surface area contributed by atoms with Crippen LogP contribution in [0.5, 0.6) is 0 Å². The van der Waals surface area contributed by atoms with Gasteiger partial charge in [0.25, 0.3) is 0 Å². The van der Waals surface area contributed by atoms with Gasteiger partial charge in [0.1, 0.15) is 24.4 Å². The van der Waals surface area contributed by atoms with E-state index in [1.165, 1.54) is 0 Å². The summed E-state index contributed by atoms with van der Waals surface area (Å²) in [6, 6.07) is 34.2. The van der Waals surface area contributed by atoms with E-state index in [2.05, 4.69) is 0 Å². The number of carbonyl (C=O) groups is 3. The first-order valence-corrected chi connectivity index (χ1v) is 16.4. The van der Waals surface area contributed by atoms with Crippen molar-refractivity contribution >= 4 is 18.1 Å². The summed E-state index contributed by atoms with van der Waals surface area (Å²) in [5.41, 5.74) is 4.95. The molecular weight excluding hydrogens is 612 g/mol. The fraction of sp³-hybridized carbons (Fsp3) is 0.308. The van der Waals surface area contributed by atoms with Gasteiger partial charge in [0.2, 0.25) is 0 Å². The van der Waals surface area contributed by atoms with Crippen LogP contribution in [0.15, 0.2) is 109 Å². The van der Waals surface area contributed by atoms with Crippen molar-refractivity contribution < 1.29 is 43.4 Å². The predicted octanol–water partition coefficient (Wildman–Crippen LogP) is 8.67. The molecule has 2 aliphatic carbocycles. The number of rotatable bonds is 10. The molecule has 2 saturated carbocycles. The maximum atomic E-state index is 12.5. The molecule has 9 heteroatoms. The first-order chi connectivity index (χ1) is 23.5. The van der Waals surface area contributed by atoms with Crippen LogP contribution in [0.2, 0.25) is 0 Å². The zero-order valence-corrected chi connectivity index (χ0v) is 26.5. The molecule has 4 aromatic rings. The third kappa shape index (κ3) is 9.08. The molecule has 2 fully saturated rings. The molecule has 0 spiro atoms. The van der Waals surface area contributed by atoms with Gasteiger partial charge in [-0.15, -0.1) is 0 Å². The summed E-state index contributed by atoms with van der Waals surface area (Å²) in [5.74, 6) is -1.10. The number of hydrogen-bond acceptors (Lipinski definition) is 9. The van der Waals surface area contributed by atoms with Crippen molar-refractivity contribution in [3.63, 3.8) is 0 Å². The lowest BCUT2D eigenvalue weighted by molar-refractivity contribution is -0.282. The van der Waals surface area contributed by atoms with E-state index in [9.17, 15) is 14.4 Å². The molecule has 0 saturated heterocycles. The molecule has 0 unspecified atom stereocenters. The van der Waals surface area contributed by atoms with E-state index in [0.29, 0.717) is 62.5 Å². The van der Waals surface area contributed by atoms with E-state index < -0.39 is 18.1 Å². The molecule has 4 aromatic carbocycles. The van der Waals surface area contributed by atoms with Gasteiger partial charge in [0.05, 0.1) is 11.1 Å². The summed E-state index contributed by atoms with van der Waals surface area (Å²) in [4.78, 5) is 58.4. The maximum absolute atomic E-state index is 12.5. The van der Waals surface area contributed by atoms with Crippen molar-refractivity contribution in [3.05, 3.63) is 120 Å². The average Bonchev–Trinajstić information content (AvgIpc) is 3.15. The minimum atomic E-state index is -0.695. The van der Waals surface area contributed by atoms with E-state index in [4.69, 9.17) is 29.0 Å². The average molecular weight is 651 g/mol. The second-order valence-electron chi connectivity index (χ2n) is 12.1. The third-order valence-electron chi connectivity index (χ3n) is 8.74. The molecule has 2 aliphatic rings. The Morgan fingerprint density at radius 1 is 0.396 bits per heavy atom.